The molecule has 0 aliphatic carbocycles. The highest BCUT2D eigenvalue weighted by molar-refractivity contribution is 7.10. The Morgan fingerprint density at radius 3 is 3.00 bits per heavy atom. The van der Waals surface area contributed by atoms with Crippen LogP contribution in [-0.4, -0.2) is 5.11 Å². The predicted molar refractivity (Wildman–Crippen MR) is 68.4 cm³/mol. The standard InChI is InChI=1S/C14H14O2S/c1-9-4-5-12-10(7-9)11(15)8-13(16-12)14-3-2-6-17-14/h2-7,11,13,15H,8H2,1H3/t11-,13?/m1/s1. The largest absolute Gasteiger partial charge is 0.484 e. The zero-order chi connectivity index (χ0) is 11.8. The number of hydrogen-bond acceptors (Lipinski definition) is 3. The van der Waals surface area contributed by atoms with Gasteiger partial charge in [0.2, 0.25) is 0 Å². The van der Waals surface area contributed by atoms with Crippen LogP contribution in [0.3, 0.4) is 0 Å². The number of hydrogen-bond donors (Lipinski definition) is 1. The maximum Gasteiger partial charge on any atom is 0.136 e. The van der Waals surface area contributed by atoms with Gasteiger partial charge in [0.1, 0.15) is 11.9 Å². The van der Waals surface area contributed by atoms with E-state index in [0.717, 1.165) is 16.9 Å². The van der Waals surface area contributed by atoms with Gasteiger partial charge in [-0.1, -0.05) is 17.7 Å². The number of aryl methyl sites for hydroxylation is 1. The molecule has 1 aromatic heterocycles. The second-order valence-electron chi connectivity index (χ2n) is 4.41. The average molecular weight is 246 g/mol. The van der Waals surface area contributed by atoms with E-state index < -0.39 is 6.10 Å². The third-order valence-corrected chi connectivity index (χ3v) is 4.06. The van der Waals surface area contributed by atoms with Crippen molar-refractivity contribution in [2.24, 2.45) is 0 Å². The first-order chi connectivity index (χ1) is 8.24. The normalized spacial score (nSPS) is 22.9. The van der Waals surface area contributed by atoms with Crippen LogP contribution >= 0.6 is 11.3 Å². The molecular formula is C14H14O2S. The van der Waals surface area contributed by atoms with E-state index in [-0.39, 0.29) is 6.10 Å². The summed E-state index contributed by atoms with van der Waals surface area (Å²) in [6.07, 6.45) is 0.197. The molecular weight excluding hydrogens is 232 g/mol. The maximum absolute atomic E-state index is 10.2. The van der Waals surface area contributed by atoms with Gasteiger partial charge in [-0.3, -0.25) is 0 Å². The van der Waals surface area contributed by atoms with Crippen LogP contribution in [0.4, 0.5) is 0 Å². The monoisotopic (exact) mass is 246 g/mol. The molecule has 0 bridgehead atoms. The molecule has 1 aliphatic rings. The second kappa shape index (κ2) is 4.17. The smallest absolute Gasteiger partial charge is 0.136 e. The summed E-state index contributed by atoms with van der Waals surface area (Å²) in [6, 6.07) is 10.0. The molecule has 88 valence electrons. The lowest BCUT2D eigenvalue weighted by Gasteiger charge is -2.29. The third-order valence-electron chi connectivity index (χ3n) is 3.09. The fraction of sp³-hybridized carbons (Fsp3) is 0.286. The number of thiophene rings is 1. The van der Waals surface area contributed by atoms with Crippen LogP contribution in [0.25, 0.3) is 0 Å². The third kappa shape index (κ3) is 1.96. The van der Waals surface area contributed by atoms with Crippen LogP contribution in [0.2, 0.25) is 0 Å². The molecule has 0 radical (unpaired) electrons. The second-order valence-corrected chi connectivity index (χ2v) is 5.39. The van der Waals surface area contributed by atoms with Gasteiger partial charge < -0.3 is 9.84 Å². The van der Waals surface area contributed by atoms with E-state index in [1.54, 1.807) is 11.3 Å². The minimum atomic E-state index is -0.425. The van der Waals surface area contributed by atoms with Crippen LogP contribution in [0.5, 0.6) is 5.75 Å². The molecule has 0 amide bonds. The summed E-state index contributed by atoms with van der Waals surface area (Å²) in [7, 11) is 0. The van der Waals surface area contributed by atoms with Crippen molar-refractivity contribution in [3.05, 3.63) is 51.7 Å². The van der Waals surface area contributed by atoms with Gasteiger partial charge in [0.25, 0.3) is 0 Å². The fourth-order valence-electron chi connectivity index (χ4n) is 2.22. The van der Waals surface area contributed by atoms with Gasteiger partial charge in [-0.2, -0.15) is 0 Å². The highest BCUT2D eigenvalue weighted by atomic mass is 32.1. The van der Waals surface area contributed by atoms with Gasteiger partial charge in [0.15, 0.2) is 0 Å². The van der Waals surface area contributed by atoms with Crippen LogP contribution in [-0.2, 0) is 0 Å². The van der Waals surface area contributed by atoms with Gasteiger partial charge in [-0.05, 0) is 30.5 Å². The fourth-order valence-corrected chi connectivity index (χ4v) is 2.98. The van der Waals surface area contributed by atoms with Gasteiger partial charge in [-0.25, -0.2) is 0 Å². The number of fused-ring (bicyclic) bond motifs is 1. The molecule has 2 aromatic rings. The summed E-state index contributed by atoms with van der Waals surface area (Å²) in [5.74, 6) is 0.813. The maximum atomic E-state index is 10.2. The minimum absolute atomic E-state index is 0.0137. The van der Waals surface area contributed by atoms with Crippen LogP contribution in [0.15, 0.2) is 35.7 Å². The van der Waals surface area contributed by atoms with Crippen molar-refractivity contribution in [3.8, 4) is 5.75 Å². The highest BCUT2D eigenvalue weighted by Gasteiger charge is 2.28. The van der Waals surface area contributed by atoms with E-state index in [0.29, 0.717) is 6.42 Å². The van der Waals surface area contributed by atoms with E-state index in [4.69, 9.17) is 4.74 Å². The summed E-state index contributed by atoms with van der Waals surface area (Å²) < 4.78 is 5.95. The Morgan fingerprint density at radius 1 is 1.35 bits per heavy atom. The summed E-state index contributed by atoms with van der Waals surface area (Å²) in [4.78, 5) is 1.18. The summed E-state index contributed by atoms with van der Waals surface area (Å²) in [5, 5.41) is 12.2. The Bertz CT molecular complexity index is 519. The molecule has 1 aliphatic heterocycles. The van der Waals surface area contributed by atoms with E-state index in [9.17, 15) is 5.11 Å². The van der Waals surface area contributed by atoms with E-state index in [2.05, 4.69) is 6.07 Å². The molecule has 2 nitrogen and oxygen atoms in total. The number of benzene rings is 1. The molecule has 2 heterocycles. The van der Waals surface area contributed by atoms with E-state index >= 15 is 0 Å². The Hall–Kier alpha value is -1.32. The van der Waals surface area contributed by atoms with Crippen LogP contribution < -0.4 is 4.74 Å². The predicted octanol–water partition coefficient (Wildman–Crippen LogP) is 3.61. The summed E-state index contributed by atoms with van der Waals surface area (Å²) >= 11 is 1.67. The molecule has 0 saturated heterocycles. The van der Waals surface area contributed by atoms with Crippen molar-refractivity contribution in [2.75, 3.05) is 0 Å². The lowest BCUT2D eigenvalue weighted by atomic mass is 9.97. The molecule has 17 heavy (non-hydrogen) atoms. The molecule has 3 heteroatoms. The first-order valence-corrected chi connectivity index (χ1v) is 6.60. The summed E-state index contributed by atoms with van der Waals surface area (Å²) in [6.45, 7) is 2.03. The molecule has 1 aromatic carbocycles. The van der Waals surface area contributed by atoms with Crippen molar-refractivity contribution < 1.29 is 9.84 Å². The summed E-state index contributed by atoms with van der Waals surface area (Å²) in [5.41, 5.74) is 2.07. The van der Waals surface area contributed by atoms with Crippen molar-refractivity contribution >= 4 is 11.3 Å². The number of aliphatic hydroxyl groups is 1. The Kier molecular flexibility index (Phi) is 2.65. The SMILES string of the molecule is Cc1ccc2c(c1)[C@H](O)CC(c1cccs1)O2. The first-order valence-electron chi connectivity index (χ1n) is 5.73. The topological polar surface area (TPSA) is 29.5 Å². The molecule has 1 unspecified atom stereocenters. The van der Waals surface area contributed by atoms with E-state index in [1.807, 2.05) is 36.6 Å². The molecule has 0 spiro atoms. The molecule has 0 saturated carbocycles. The average Bonchev–Trinajstić information content (AvgIpc) is 2.83. The van der Waals surface area contributed by atoms with Crippen molar-refractivity contribution in [3.63, 3.8) is 0 Å². The minimum Gasteiger partial charge on any atom is -0.484 e. The van der Waals surface area contributed by atoms with Gasteiger partial charge in [-0.15, -0.1) is 11.3 Å². The Morgan fingerprint density at radius 2 is 2.24 bits per heavy atom. The zero-order valence-corrected chi connectivity index (χ0v) is 10.4. The lowest BCUT2D eigenvalue weighted by Crippen LogP contribution is -2.18. The van der Waals surface area contributed by atoms with Gasteiger partial charge in [0, 0.05) is 16.9 Å². The van der Waals surface area contributed by atoms with Crippen LogP contribution in [0.1, 0.15) is 34.6 Å². The number of ether oxygens (including phenoxy) is 1. The first kappa shape index (κ1) is 10.8. The Balaban J connectivity index is 1.96. The van der Waals surface area contributed by atoms with Crippen molar-refractivity contribution in [2.45, 2.75) is 25.6 Å². The van der Waals surface area contributed by atoms with Gasteiger partial charge >= 0.3 is 0 Å². The van der Waals surface area contributed by atoms with Crippen LogP contribution in [0, 0.1) is 6.92 Å². The molecule has 2 atom stereocenters. The van der Waals surface area contributed by atoms with Gasteiger partial charge in [0.05, 0.1) is 6.10 Å². The molecule has 0 fully saturated rings. The highest BCUT2D eigenvalue weighted by Crippen LogP contribution is 2.41. The Labute approximate surface area is 104 Å². The van der Waals surface area contributed by atoms with E-state index in [1.165, 1.54) is 4.88 Å². The van der Waals surface area contributed by atoms with Crippen molar-refractivity contribution in [1.29, 1.82) is 0 Å². The zero-order valence-electron chi connectivity index (χ0n) is 9.59. The van der Waals surface area contributed by atoms with Crippen molar-refractivity contribution in [1.82, 2.24) is 0 Å². The quantitative estimate of drug-likeness (QED) is 0.832. The number of aliphatic hydroxyl groups excluding tert-OH is 1. The number of rotatable bonds is 1. The lowest BCUT2D eigenvalue weighted by molar-refractivity contribution is 0.0674. The molecule has 3 rings (SSSR count). The molecule has 1 N–H and O–H groups in total.